The van der Waals surface area contributed by atoms with Crippen molar-refractivity contribution in [1.82, 2.24) is 4.90 Å². The van der Waals surface area contributed by atoms with E-state index in [1.165, 1.54) is 50.6 Å². The molecule has 1 saturated carbocycles. The van der Waals surface area contributed by atoms with Gasteiger partial charge in [-0.2, -0.15) is 0 Å². The summed E-state index contributed by atoms with van der Waals surface area (Å²) in [5, 5.41) is 0. The molecule has 0 amide bonds. The molecule has 2 fully saturated rings. The number of nitrogens with zero attached hydrogens (tertiary/aromatic N) is 1. The normalized spacial score (nSPS) is 30.7. The van der Waals surface area contributed by atoms with Gasteiger partial charge >= 0.3 is 0 Å². The van der Waals surface area contributed by atoms with Gasteiger partial charge in [-0.05, 0) is 55.3 Å². The molecule has 3 atom stereocenters. The first-order valence-electron chi connectivity index (χ1n) is 10.2. The van der Waals surface area contributed by atoms with Crippen LogP contribution in [0.2, 0.25) is 0 Å². The summed E-state index contributed by atoms with van der Waals surface area (Å²) >= 11 is 0. The highest BCUT2D eigenvalue weighted by molar-refractivity contribution is 5.41. The molecule has 5 rings (SSSR count). The van der Waals surface area contributed by atoms with E-state index in [-0.39, 0.29) is 0 Å². The van der Waals surface area contributed by atoms with Crippen molar-refractivity contribution in [1.29, 1.82) is 0 Å². The van der Waals surface area contributed by atoms with Crippen molar-refractivity contribution in [3.63, 3.8) is 0 Å². The lowest BCUT2D eigenvalue weighted by Gasteiger charge is -2.59. The number of likely N-dealkylation sites (tertiary alicyclic amines) is 1. The Bertz CT molecular complexity index is 782. The summed E-state index contributed by atoms with van der Waals surface area (Å²) in [6.07, 6.45) is 9.87. The Morgan fingerprint density at radius 1 is 1.19 bits per heavy atom. The average molecular weight is 351 g/mol. The molecule has 0 spiro atoms. The van der Waals surface area contributed by atoms with Gasteiger partial charge in [0, 0.05) is 24.1 Å². The lowest BCUT2D eigenvalue weighted by molar-refractivity contribution is -0.0187. The maximum Gasteiger partial charge on any atom is 0.123 e. The number of piperidine rings is 1. The van der Waals surface area contributed by atoms with E-state index in [1.54, 1.807) is 18.2 Å². The van der Waals surface area contributed by atoms with Gasteiger partial charge in [0.25, 0.3) is 0 Å². The number of methoxy groups -OCH3 is 1. The predicted octanol–water partition coefficient (Wildman–Crippen LogP) is 4.68. The van der Waals surface area contributed by atoms with Crippen LogP contribution in [0.5, 0.6) is 0 Å². The van der Waals surface area contributed by atoms with E-state index in [0.29, 0.717) is 18.1 Å². The van der Waals surface area contributed by atoms with Crippen LogP contribution < -0.4 is 0 Å². The number of furan rings is 1. The van der Waals surface area contributed by atoms with Gasteiger partial charge in [0.05, 0.1) is 19.4 Å². The van der Waals surface area contributed by atoms with E-state index in [9.17, 15) is 0 Å². The van der Waals surface area contributed by atoms with Crippen molar-refractivity contribution < 1.29 is 9.15 Å². The molecule has 0 unspecified atom stereocenters. The molecule has 0 radical (unpaired) electrons. The van der Waals surface area contributed by atoms with Crippen molar-refractivity contribution >= 4 is 0 Å². The minimum absolute atomic E-state index is 0.437. The standard InChI is InChI=1S/C23H29NO2/c1-25-16-18-9-13-26-22(18)15-24-12-11-23-10-5-4-8-20(23)21(24)14-17-6-2-3-7-19(17)23/h2-3,6-7,9,13,20-21H,4-5,8,10-12,14-16H2,1H3/t20-,21+,23-/m0/s1. The summed E-state index contributed by atoms with van der Waals surface area (Å²) in [6.45, 7) is 2.74. The third-order valence-electron chi connectivity index (χ3n) is 7.34. The number of benzene rings is 1. The molecule has 3 aliphatic rings. The fourth-order valence-corrected chi connectivity index (χ4v) is 6.22. The molecule has 3 heteroatoms. The van der Waals surface area contributed by atoms with Crippen LogP contribution in [0, 0.1) is 5.92 Å². The average Bonchev–Trinajstić information content (AvgIpc) is 3.11. The molecule has 26 heavy (non-hydrogen) atoms. The van der Waals surface area contributed by atoms with Crippen LogP contribution in [0.3, 0.4) is 0 Å². The molecule has 1 aromatic carbocycles. The number of rotatable bonds is 4. The Labute approximate surface area is 156 Å². The molecule has 2 aromatic rings. The van der Waals surface area contributed by atoms with Crippen molar-refractivity contribution in [2.75, 3.05) is 13.7 Å². The van der Waals surface area contributed by atoms with Gasteiger partial charge in [-0.3, -0.25) is 4.90 Å². The topological polar surface area (TPSA) is 25.6 Å². The third kappa shape index (κ3) is 2.48. The fourth-order valence-electron chi connectivity index (χ4n) is 6.22. The van der Waals surface area contributed by atoms with Crippen LogP contribution in [-0.4, -0.2) is 24.6 Å². The summed E-state index contributed by atoms with van der Waals surface area (Å²) in [4.78, 5) is 2.71. The second-order valence-electron chi connectivity index (χ2n) is 8.46. The van der Waals surface area contributed by atoms with E-state index in [4.69, 9.17) is 9.15 Å². The number of fused-ring (bicyclic) bond motifs is 1. The van der Waals surface area contributed by atoms with E-state index in [0.717, 1.165) is 18.2 Å². The van der Waals surface area contributed by atoms with Crippen LogP contribution in [-0.2, 0) is 29.7 Å². The Morgan fingerprint density at radius 3 is 3.04 bits per heavy atom. The molecular weight excluding hydrogens is 322 g/mol. The first kappa shape index (κ1) is 16.6. The highest BCUT2D eigenvalue weighted by Crippen LogP contribution is 2.55. The van der Waals surface area contributed by atoms with Gasteiger partial charge in [0.15, 0.2) is 0 Å². The highest BCUT2D eigenvalue weighted by atomic mass is 16.5. The highest BCUT2D eigenvalue weighted by Gasteiger charge is 2.53. The molecule has 2 bridgehead atoms. The Hall–Kier alpha value is -1.58. The summed E-state index contributed by atoms with van der Waals surface area (Å²) in [5.41, 5.74) is 4.91. The van der Waals surface area contributed by atoms with Crippen molar-refractivity contribution in [2.24, 2.45) is 5.92 Å². The minimum atomic E-state index is 0.437. The first-order valence-corrected chi connectivity index (χ1v) is 10.2. The quantitative estimate of drug-likeness (QED) is 0.799. The Kier molecular flexibility index (Phi) is 4.17. The molecule has 1 saturated heterocycles. The summed E-state index contributed by atoms with van der Waals surface area (Å²) in [7, 11) is 1.76. The van der Waals surface area contributed by atoms with Gasteiger partial charge in [-0.25, -0.2) is 0 Å². The van der Waals surface area contributed by atoms with Crippen LogP contribution >= 0.6 is 0 Å². The van der Waals surface area contributed by atoms with Gasteiger partial charge in [-0.1, -0.05) is 37.1 Å². The molecule has 3 nitrogen and oxygen atoms in total. The fraction of sp³-hybridized carbons (Fsp3) is 0.565. The van der Waals surface area contributed by atoms with Crippen LogP contribution in [0.1, 0.15) is 54.6 Å². The smallest absolute Gasteiger partial charge is 0.123 e. The number of ether oxygens (including phenoxy) is 1. The van der Waals surface area contributed by atoms with Gasteiger partial charge in [0.2, 0.25) is 0 Å². The summed E-state index contributed by atoms with van der Waals surface area (Å²) in [5.74, 6) is 1.90. The maximum absolute atomic E-state index is 5.84. The molecule has 0 N–H and O–H groups in total. The van der Waals surface area contributed by atoms with Crippen LogP contribution in [0.25, 0.3) is 0 Å². The number of hydrogen-bond acceptors (Lipinski definition) is 3. The lowest BCUT2D eigenvalue weighted by Crippen LogP contribution is -2.60. The van der Waals surface area contributed by atoms with E-state index in [1.807, 2.05) is 6.26 Å². The maximum atomic E-state index is 5.84. The second kappa shape index (κ2) is 6.54. The predicted molar refractivity (Wildman–Crippen MR) is 102 cm³/mol. The van der Waals surface area contributed by atoms with Crippen molar-refractivity contribution in [3.05, 3.63) is 59.0 Å². The second-order valence-corrected chi connectivity index (χ2v) is 8.46. The van der Waals surface area contributed by atoms with Crippen LogP contribution in [0.15, 0.2) is 41.0 Å². The molecule has 2 heterocycles. The Morgan fingerprint density at radius 2 is 2.12 bits per heavy atom. The zero-order chi connectivity index (χ0) is 17.6. The van der Waals surface area contributed by atoms with Crippen molar-refractivity contribution in [3.8, 4) is 0 Å². The Balaban J connectivity index is 1.48. The molecule has 1 aromatic heterocycles. The molecule has 1 aliphatic heterocycles. The van der Waals surface area contributed by atoms with Gasteiger partial charge < -0.3 is 9.15 Å². The van der Waals surface area contributed by atoms with Gasteiger partial charge in [0.1, 0.15) is 5.76 Å². The third-order valence-corrected chi connectivity index (χ3v) is 7.34. The molecule has 2 aliphatic carbocycles. The van der Waals surface area contributed by atoms with Gasteiger partial charge in [-0.15, -0.1) is 0 Å². The molecular formula is C23H29NO2. The van der Waals surface area contributed by atoms with Crippen molar-refractivity contribution in [2.45, 2.75) is 63.1 Å². The van der Waals surface area contributed by atoms with E-state index >= 15 is 0 Å². The summed E-state index contributed by atoms with van der Waals surface area (Å²) in [6, 6.07) is 12.0. The van der Waals surface area contributed by atoms with E-state index in [2.05, 4.69) is 35.2 Å². The summed E-state index contributed by atoms with van der Waals surface area (Å²) < 4.78 is 11.2. The minimum Gasteiger partial charge on any atom is -0.468 e. The zero-order valence-electron chi connectivity index (χ0n) is 15.7. The molecule has 138 valence electrons. The largest absolute Gasteiger partial charge is 0.468 e. The van der Waals surface area contributed by atoms with Crippen LogP contribution in [0.4, 0.5) is 0 Å². The monoisotopic (exact) mass is 351 g/mol. The number of hydrogen-bond donors (Lipinski definition) is 0. The lowest BCUT2D eigenvalue weighted by atomic mass is 9.52. The zero-order valence-corrected chi connectivity index (χ0v) is 15.7. The van der Waals surface area contributed by atoms with E-state index < -0.39 is 0 Å². The SMILES string of the molecule is COCc1ccoc1CN1CC[C@]23CCCC[C@H]2[C@H]1Cc1ccccc13. The first-order chi connectivity index (χ1) is 12.8.